The Morgan fingerprint density at radius 3 is 2.80 bits per heavy atom. The Labute approximate surface area is 61.8 Å². The van der Waals surface area contributed by atoms with Crippen LogP contribution in [0.4, 0.5) is 0 Å². The highest BCUT2D eigenvalue weighted by Crippen LogP contribution is 1.83. The summed E-state index contributed by atoms with van der Waals surface area (Å²) in [6, 6.07) is 0. The quantitative estimate of drug-likeness (QED) is 0.358. The fourth-order valence-corrected chi connectivity index (χ4v) is 0.428. The topological polar surface area (TPSA) is 29.5 Å². The van der Waals surface area contributed by atoms with E-state index in [2.05, 4.69) is 0 Å². The molecule has 0 bridgehead atoms. The normalized spacial score (nSPS) is 11.4. The van der Waals surface area contributed by atoms with E-state index in [1.807, 2.05) is 25.2 Å². The van der Waals surface area contributed by atoms with Gasteiger partial charge in [-0.2, -0.15) is 0 Å². The van der Waals surface area contributed by atoms with E-state index in [9.17, 15) is 0 Å². The van der Waals surface area contributed by atoms with Gasteiger partial charge in [0.1, 0.15) is 0 Å². The van der Waals surface area contributed by atoms with Gasteiger partial charge in [-0.1, -0.05) is 12.2 Å². The molecule has 0 amide bonds. The summed E-state index contributed by atoms with van der Waals surface area (Å²) in [5, 5.41) is 8.35. The van der Waals surface area contributed by atoms with E-state index < -0.39 is 0 Å². The zero-order valence-electron chi connectivity index (χ0n) is 6.29. The zero-order valence-corrected chi connectivity index (χ0v) is 6.29. The Morgan fingerprint density at radius 1 is 1.40 bits per heavy atom. The van der Waals surface area contributed by atoms with Gasteiger partial charge in [0.15, 0.2) is 0 Å². The monoisotopic (exact) mass is 142 g/mol. The Balaban J connectivity index is 3.02. The van der Waals surface area contributed by atoms with Crippen molar-refractivity contribution >= 4 is 0 Å². The van der Waals surface area contributed by atoms with E-state index in [1.54, 1.807) is 6.26 Å². The highest BCUT2D eigenvalue weighted by molar-refractivity contribution is 4.97. The lowest BCUT2D eigenvalue weighted by molar-refractivity contribution is 0.199. The maximum Gasteiger partial charge on any atom is 0.0895 e. The van der Waals surface area contributed by atoms with Crippen LogP contribution in [0.1, 0.15) is 13.3 Å². The lowest BCUT2D eigenvalue weighted by Gasteiger charge is -1.94. The molecule has 0 aromatic heterocycles. The lowest BCUT2D eigenvalue weighted by atomic mass is 10.5. The Hall–Kier alpha value is -0.760. The van der Waals surface area contributed by atoms with Gasteiger partial charge in [-0.3, -0.25) is 0 Å². The number of rotatable bonds is 5. The van der Waals surface area contributed by atoms with Gasteiger partial charge in [0.2, 0.25) is 0 Å². The van der Waals surface area contributed by atoms with E-state index >= 15 is 0 Å². The van der Waals surface area contributed by atoms with Gasteiger partial charge < -0.3 is 9.84 Å². The second kappa shape index (κ2) is 8.24. The molecule has 0 heterocycles. The maximum absolute atomic E-state index is 8.35. The molecule has 0 radical (unpaired) electrons. The molecule has 0 saturated heterocycles. The van der Waals surface area contributed by atoms with Crippen LogP contribution >= 0.6 is 0 Å². The molecule has 2 nitrogen and oxygen atoms in total. The second-order valence-corrected chi connectivity index (χ2v) is 1.80. The molecule has 10 heavy (non-hydrogen) atoms. The molecular formula is C8H14O2. The zero-order chi connectivity index (χ0) is 7.66. The van der Waals surface area contributed by atoms with Crippen LogP contribution in [0.3, 0.4) is 0 Å². The molecule has 0 rings (SSSR count). The van der Waals surface area contributed by atoms with E-state index in [0.717, 1.165) is 0 Å². The van der Waals surface area contributed by atoms with Crippen LogP contribution < -0.4 is 0 Å². The maximum atomic E-state index is 8.35. The molecule has 2 heteroatoms. The minimum Gasteiger partial charge on any atom is -0.501 e. The van der Waals surface area contributed by atoms with Crippen LogP contribution in [-0.2, 0) is 4.74 Å². The first-order valence-corrected chi connectivity index (χ1v) is 3.42. The van der Waals surface area contributed by atoms with Gasteiger partial charge >= 0.3 is 0 Å². The molecule has 0 saturated carbocycles. The summed E-state index contributed by atoms with van der Waals surface area (Å²) in [5.74, 6) is 0. The summed E-state index contributed by atoms with van der Waals surface area (Å²) >= 11 is 0. The van der Waals surface area contributed by atoms with E-state index in [0.29, 0.717) is 13.0 Å². The van der Waals surface area contributed by atoms with Crippen molar-refractivity contribution in [2.45, 2.75) is 13.3 Å². The summed E-state index contributed by atoms with van der Waals surface area (Å²) in [6.07, 6.45) is 7.94. The van der Waals surface area contributed by atoms with Crippen LogP contribution in [0.2, 0.25) is 0 Å². The third kappa shape index (κ3) is 7.24. The van der Waals surface area contributed by atoms with Gasteiger partial charge in [-0.15, -0.1) is 0 Å². The number of hydrogen-bond donors (Lipinski definition) is 1. The van der Waals surface area contributed by atoms with Crippen molar-refractivity contribution in [3.05, 3.63) is 24.5 Å². The minimum absolute atomic E-state index is 0.192. The van der Waals surface area contributed by atoms with Crippen LogP contribution in [0.25, 0.3) is 0 Å². The number of allylic oxidation sites excluding steroid dienone is 3. The average Bonchev–Trinajstić information content (AvgIpc) is 1.97. The highest BCUT2D eigenvalue weighted by Gasteiger charge is 1.78. The molecule has 0 atom stereocenters. The van der Waals surface area contributed by atoms with Gasteiger partial charge in [0.05, 0.1) is 12.9 Å². The summed E-state index contributed by atoms with van der Waals surface area (Å²) in [7, 11) is 0. The molecule has 0 aromatic rings. The van der Waals surface area contributed by atoms with Crippen LogP contribution in [-0.4, -0.2) is 18.3 Å². The fraction of sp³-hybridized carbons (Fsp3) is 0.500. The molecule has 0 aliphatic carbocycles. The standard InChI is InChI=1S/C8H14O2/c1-2-3-4-7-10-8-5-6-9/h2-4,7,9H,5-6,8H2,1H3/b3-2-,7-4+. The molecule has 0 aliphatic heterocycles. The van der Waals surface area contributed by atoms with Crippen LogP contribution in [0.5, 0.6) is 0 Å². The molecule has 0 fully saturated rings. The van der Waals surface area contributed by atoms with Crippen molar-refractivity contribution in [1.29, 1.82) is 0 Å². The molecule has 0 aliphatic rings. The highest BCUT2D eigenvalue weighted by atomic mass is 16.5. The van der Waals surface area contributed by atoms with E-state index in [-0.39, 0.29) is 6.61 Å². The fourth-order valence-electron chi connectivity index (χ4n) is 0.428. The molecular weight excluding hydrogens is 128 g/mol. The first-order chi connectivity index (χ1) is 4.91. The Bertz CT molecular complexity index is 106. The summed E-state index contributed by atoms with van der Waals surface area (Å²) in [5.41, 5.74) is 0. The van der Waals surface area contributed by atoms with Crippen LogP contribution in [0.15, 0.2) is 24.5 Å². The van der Waals surface area contributed by atoms with Crippen molar-refractivity contribution in [2.75, 3.05) is 13.2 Å². The molecule has 0 unspecified atom stereocenters. The molecule has 1 N–H and O–H groups in total. The number of aliphatic hydroxyl groups excluding tert-OH is 1. The number of hydrogen-bond acceptors (Lipinski definition) is 2. The third-order valence-electron chi connectivity index (χ3n) is 0.899. The lowest BCUT2D eigenvalue weighted by Crippen LogP contribution is -1.90. The molecule has 58 valence electrons. The van der Waals surface area contributed by atoms with E-state index in [4.69, 9.17) is 9.84 Å². The van der Waals surface area contributed by atoms with Gasteiger partial charge in [-0.25, -0.2) is 0 Å². The molecule has 0 spiro atoms. The van der Waals surface area contributed by atoms with Crippen molar-refractivity contribution in [2.24, 2.45) is 0 Å². The Morgan fingerprint density at radius 2 is 2.20 bits per heavy atom. The second-order valence-electron chi connectivity index (χ2n) is 1.80. The Kier molecular flexibility index (Phi) is 7.61. The largest absolute Gasteiger partial charge is 0.501 e. The summed E-state index contributed by atoms with van der Waals surface area (Å²) in [4.78, 5) is 0. The van der Waals surface area contributed by atoms with Crippen molar-refractivity contribution in [1.82, 2.24) is 0 Å². The number of ether oxygens (including phenoxy) is 1. The predicted molar refractivity (Wildman–Crippen MR) is 41.6 cm³/mol. The van der Waals surface area contributed by atoms with Crippen LogP contribution in [0, 0.1) is 0 Å². The van der Waals surface area contributed by atoms with Crippen molar-refractivity contribution < 1.29 is 9.84 Å². The van der Waals surface area contributed by atoms with Gasteiger partial charge in [0, 0.05) is 13.0 Å². The molecule has 0 aromatic carbocycles. The number of aliphatic hydroxyl groups is 1. The summed E-state index contributed by atoms with van der Waals surface area (Å²) < 4.78 is 4.98. The smallest absolute Gasteiger partial charge is 0.0895 e. The van der Waals surface area contributed by atoms with Gasteiger partial charge in [-0.05, 0) is 13.0 Å². The van der Waals surface area contributed by atoms with Crippen molar-refractivity contribution in [3.63, 3.8) is 0 Å². The SMILES string of the molecule is C/C=C\C=C\OCCCO. The van der Waals surface area contributed by atoms with Gasteiger partial charge in [0.25, 0.3) is 0 Å². The summed E-state index contributed by atoms with van der Waals surface area (Å²) in [6.45, 7) is 2.72. The van der Waals surface area contributed by atoms with E-state index in [1.165, 1.54) is 0 Å². The minimum atomic E-state index is 0.192. The average molecular weight is 142 g/mol. The van der Waals surface area contributed by atoms with Crippen molar-refractivity contribution in [3.8, 4) is 0 Å². The predicted octanol–water partition coefficient (Wildman–Crippen LogP) is 1.48. The first kappa shape index (κ1) is 9.24. The first-order valence-electron chi connectivity index (χ1n) is 3.42. The third-order valence-corrected chi connectivity index (χ3v) is 0.899.